The molecule has 34 heavy (non-hydrogen) atoms. The van der Waals surface area contributed by atoms with Gasteiger partial charge in [-0.25, -0.2) is 0 Å². The van der Waals surface area contributed by atoms with Gasteiger partial charge < -0.3 is 10.0 Å². The summed E-state index contributed by atoms with van der Waals surface area (Å²) in [6.45, 7) is 0.648. The van der Waals surface area contributed by atoms with Crippen LogP contribution in [0.1, 0.15) is 23.1 Å². The lowest BCUT2D eigenvalue weighted by atomic mass is 9.91. The average Bonchev–Trinajstić information content (AvgIpc) is 2.86. The Kier molecular flexibility index (Phi) is 7.38. The first-order valence-corrected chi connectivity index (χ1v) is 11.6. The number of fused-ring (bicyclic) bond motifs is 1. The number of nitrogens with zero attached hydrogens (tertiary/aromatic N) is 1. The molecule has 0 unspecified atom stereocenters. The van der Waals surface area contributed by atoms with E-state index in [4.69, 9.17) is 0 Å². The van der Waals surface area contributed by atoms with E-state index in [1.807, 2.05) is 55.6 Å². The highest BCUT2D eigenvalue weighted by molar-refractivity contribution is 6.00. The van der Waals surface area contributed by atoms with E-state index in [0.717, 1.165) is 39.4 Å². The van der Waals surface area contributed by atoms with Crippen LogP contribution >= 0.6 is 0 Å². The smallest absolute Gasteiger partial charge is 0.303 e. The Hall–Kier alpha value is -3.92. The van der Waals surface area contributed by atoms with Gasteiger partial charge in [0.15, 0.2) is 0 Å². The zero-order valence-corrected chi connectivity index (χ0v) is 19.4. The van der Waals surface area contributed by atoms with Crippen molar-refractivity contribution in [2.24, 2.45) is 0 Å². The summed E-state index contributed by atoms with van der Waals surface area (Å²) in [5, 5.41) is 11.3. The fourth-order valence-electron chi connectivity index (χ4n) is 4.30. The van der Waals surface area contributed by atoms with Gasteiger partial charge in [0.25, 0.3) is 0 Å². The van der Waals surface area contributed by atoms with E-state index in [-0.39, 0.29) is 18.7 Å². The van der Waals surface area contributed by atoms with E-state index >= 15 is 0 Å². The maximum absolute atomic E-state index is 13.1. The lowest BCUT2D eigenvalue weighted by Crippen LogP contribution is -2.30. The highest BCUT2D eigenvalue weighted by Gasteiger charge is 2.15. The van der Waals surface area contributed by atoms with Crippen molar-refractivity contribution in [3.05, 3.63) is 108 Å². The summed E-state index contributed by atoms with van der Waals surface area (Å²) in [4.78, 5) is 26.1. The number of aliphatic carboxylic acids is 1. The van der Waals surface area contributed by atoms with Crippen LogP contribution in [0.15, 0.2) is 91.0 Å². The molecule has 1 N–H and O–H groups in total. The van der Waals surface area contributed by atoms with Gasteiger partial charge in [-0.3, -0.25) is 9.59 Å². The third kappa shape index (κ3) is 5.70. The maximum Gasteiger partial charge on any atom is 0.303 e. The van der Waals surface area contributed by atoms with Crippen LogP contribution in [0.2, 0.25) is 0 Å². The number of benzene rings is 4. The third-order valence-corrected chi connectivity index (χ3v) is 6.20. The molecule has 4 rings (SSSR count). The second-order valence-electron chi connectivity index (χ2n) is 8.64. The first kappa shape index (κ1) is 23.2. The maximum atomic E-state index is 13.1. The van der Waals surface area contributed by atoms with Crippen LogP contribution in [0.5, 0.6) is 0 Å². The van der Waals surface area contributed by atoms with Gasteiger partial charge in [0.2, 0.25) is 5.91 Å². The molecule has 0 heterocycles. The molecule has 0 bridgehead atoms. The summed E-state index contributed by atoms with van der Waals surface area (Å²) in [5.41, 5.74) is 5.26. The number of likely N-dealkylation sites (N-methyl/N-ethyl adjacent to an activating group) is 1. The Morgan fingerprint density at radius 2 is 1.47 bits per heavy atom. The number of carboxylic acid groups (broad SMARTS) is 1. The number of carboxylic acids is 1. The summed E-state index contributed by atoms with van der Waals surface area (Å²) in [6, 6.07) is 30.5. The van der Waals surface area contributed by atoms with Crippen molar-refractivity contribution in [1.29, 1.82) is 0 Å². The van der Waals surface area contributed by atoms with Crippen LogP contribution < -0.4 is 0 Å². The Labute approximate surface area is 200 Å². The molecule has 0 aliphatic carbocycles. The molecule has 0 aromatic heterocycles. The Balaban J connectivity index is 1.64. The molecule has 0 saturated heterocycles. The van der Waals surface area contributed by atoms with Gasteiger partial charge in [0.1, 0.15) is 0 Å². The molecular weight excluding hydrogens is 422 g/mol. The number of aryl methyl sites for hydroxylation is 1. The topological polar surface area (TPSA) is 57.6 Å². The molecule has 0 fully saturated rings. The monoisotopic (exact) mass is 451 g/mol. The molecule has 0 aliphatic rings. The standard InChI is InChI=1S/C30H29NO3/c1-31(18-17-22-9-4-2-5-10-22)29(32)21-25-19-23(15-16-30(33)34)20-28-26(13-8-14-27(25)28)24-11-6-3-7-12-24/h2-14,19-20H,15-18,21H2,1H3,(H,33,34). The van der Waals surface area contributed by atoms with E-state index in [1.165, 1.54) is 5.56 Å². The highest BCUT2D eigenvalue weighted by Crippen LogP contribution is 2.32. The number of carbonyl (C=O) groups excluding carboxylic acids is 1. The van der Waals surface area contributed by atoms with Crippen LogP contribution in [0.4, 0.5) is 0 Å². The zero-order chi connectivity index (χ0) is 23.9. The van der Waals surface area contributed by atoms with E-state index in [9.17, 15) is 14.7 Å². The Morgan fingerprint density at radius 3 is 2.18 bits per heavy atom. The van der Waals surface area contributed by atoms with Crippen molar-refractivity contribution in [3.63, 3.8) is 0 Å². The predicted molar refractivity (Wildman–Crippen MR) is 137 cm³/mol. The van der Waals surface area contributed by atoms with Crippen molar-refractivity contribution in [2.75, 3.05) is 13.6 Å². The van der Waals surface area contributed by atoms with E-state index in [2.05, 4.69) is 42.5 Å². The molecule has 1 amide bonds. The third-order valence-electron chi connectivity index (χ3n) is 6.20. The van der Waals surface area contributed by atoms with Gasteiger partial charge >= 0.3 is 5.97 Å². The summed E-state index contributed by atoms with van der Waals surface area (Å²) < 4.78 is 0. The van der Waals surface area contributed by atoms with Crippen molar-refractivity contribution in [2.45, 2.75) is 25.7 Å². The first-order chi connectivity index (χ1) is 16.5. The predicted octanol–water partition coefficient (Wildman–Crippen LogP) is 5.77. The minimum atomic E-state index is -0.824. The number of carbonyl (C=O) groups is 2. The van der Waals surface area contributed by atoms with Crippen molar-refractivity contribution in [3.8, 4) is 11.1 Å². The lowest BCUT2D eigenvalue weighted by molar-refractivity contribution is -0.137. The van der Waals surface area contributed by atoms with Gasteiger partial charge in [0.05, 0.1) is 6.42 Å². The molecule has 4 aromatic rings. The molecular formula is C30H29NO3. The molecule has 0 radical (unpaired) electrons. The highest BCUT2D eigenvalue weighted by atomic mass is 16.4. The minimum absolute atomic E-state index is 0.0535. The summed E-state index contributed by atoms with van der Waals surface area (Å²) in [7, 11) is 1.84. The summed E-state index contributed by atoms with van der Waals surface area (Å²) in [6.07, 6.45) is 1.57. The fraction of sp³-hybridized carbons (Fsp3) is 0.200. The SMILES string of the molecule is CN(CCc1ccccc1)C(=O)Cc1cc(CCC(=O)O)cc2c(-c3ccccc3)cccc12. The molecule has 0 saturated carbocycles. The Bertz CT molecular complexity index is 1280. The molecule has 0 aliphatic heterocycles. The first-order valence-electron chi connectivity index (χ1n) is 11.6. The number of hydrogen-bond acceptors (Lipinski definition) is 2. The van der Waals surface area contributed by atoms with E-state index in [1.54, 1.807) is 4.90 Å². The summed E-state index contributed by atoms with van der Waals surface area (Å²) in [5.74, 6) is -0.771. The average molecular weight is 452 g/mol. The van der Waals surface area contributed by atoms with E-state index < -0.39 is 5.97 Å². The number of rotatable bonds is 9. The quantitative estimate of drug-likeness (QED) is 0.352. The normalized spacial score (nSPS) is 10.9. The largest absolute Gasteiger partial charge is 0.481 e. The fourth-order valence-corrected chi connectivity index (χ4v) is 4.30. The summed E-state index contributed by atoms with van der Waals surface area (Å²) >= 11 is 0. The number of amides is 1. The zero-order valence-electron chi connectivity index (χ0n) is 19.4. The van der Waals surface area contributed by atoms with Gasteiger partial charge in [-0.1, -0.05) is 91.0 Å². The molecule has 172 valence electrons. The molecule has 4 nitrogen and oxygen atoms in total. The van der Waals surface area contributed by atoms with Crippen LogP contribution in [0.3, 0.4) is 0 Å². The van der Waals surface area contributed by atoms with Crippen LogP contribution in [-0.4, -0.2) is 35.5 Å². The second-order valence-corrected chi connectivity index (χ2v) is 8.64. The Morgan fingerprint density at radius 1 is 0.765 bits per heavy atom. The van der Waals surface area contributed by atoms with Crippen molar-refractivity contribution < 1.29 is 14.7 Å². The molecule has 4 aromatic carbocycles. The minimum Gasteiger partial charge on any atom is -0.481 e. The van der Waals surface area contributed by atoms with Crippen molar-refractivity contribution >= 4 is 22.6 Å². The van der Waals surface area contributed by atoms with Crippen LogP contribution in [-0.2, 0) is 28.9 Å². The lowest BCUT2D eigenvalue weighted by Gasteiger charge is -2.19. The van der Waals surface area contributed by atoms with Crippen molar-refractivity contribution in [1.82, 2.24) is 4.90 Å². The second kappa shape index (κ2) is 10.8. The molecule has 0 spiro atoms. The van der Waals surface area contributed by atoms with Gasteiger partial charge in [-0.05, 0) is 51.4 Å². The van der Waals surface area contributed by atoms with Gasteiger partial charge in [-0.15, -0.1) is 0 Å². The number of hydrogen-bond donors (Lipinski definition) is 1. The van der Waals surface area contributed by atoms with Gasteiger partial charge in [-0.2, -0.15) is 0 Å². The van der Waals surface area contributed by atoms with Gasteiger partial charge in [0, 0.05) is 20.0 Å². The molecule has 4 heteroatoms. The van der Waals surface area contributed by atoms with E-state index in [0.29, 0.717) is 13.0 Å². The molecule has 0 atom stereocenters. The van der Waals surface area contributed by atoms with Crippen LogP contribution in [0, 0.1) is 0 Å². The van der Waals surface area contributed by atoms with Crippen LogP contribution in [0.25, 0.3) is 21.9 Å².